The van der Waals surface area contributed by atoms with Gasteiger partial charge in [0.05, 0.1) is 25.5 Å². The van der Waals surface area contributed by atoms with Crippen LogP contribution in [0.25, 0.3) is 11.3 Å². The Kier molecular flexibility index (Phi) is 7.10. The van der Waals surface area contributed by atoms with Gasteiger partial charge in [0.2, 0.25) is 0 Å². The number of nitrogens with one attached hydrogen (secondary N) is 2. The molecule has 1 aromatic heterocycles. The topological polar surface area (TPSA) is 77.4 Å². The summed E-state index contributed by atoms with van der Waals surface area (Å²) < 4.78 is 12.6. The maximum Gasteiger partial charge on any atom is 0.273 e. The molecule has 2 N–H and O–H groups in total. The molecule has 158 valence electrons. The number of morpholine rings is 1. The average Bonchev–Trinajstić information content (AvgIpc) is 3.17. The number of hydrogen-bond acceptors (Lipinski definition) is 5. The summed E-state index contributed by atoms with van der Waals surface area (Å²) in [6.45, 7) is 2.39. The first kappa shape index (κ1) is 21.8. The summed E-state index contributed by atoms with van der Waals surface area (Å²) in [4.78, 5) is 12.8. The van der Waals surface area contributed by atoms with E-state index in [1.54, 1.807) is 24.9 Å². The third-order valence-electron chi connectivity index (χ3n) is 4.95. The number of methoxy groups -OCH3 is 1. The maximum absolute atomic E-state index is 12.8. The number of nitrogens with zero attached hydrogens (tertiary/aromatic N) is 2. The second kappa shape index (κ2) is 9.75. The van der Waals surface area contributed by atoms with E-state index in [0.29, 0.717) is 18.0 Å². The van der Waals surface area contributed by atoms with Crippen molar-refractivity contribution in [2.75, 3.05) is 32.1 Å². The standard InChI is InChI=1S/C22H24N4O3.ClH/c1-26-20(13-19(25-26)16-4-3-5-18(12-16)28-2)22(27)24-17-8-6-15(7-9-17)21-14-23-10-11-29-21;/h3-9,12-13,21,23H,10-11,14H2,1-2H3,(H,24,27);1H. The lowest BCUT2D eigenvalue weighted by Crippen LogP contribution is -2.33. The van der Waals surface area contributed by atoms with E-state index in [1.807, 2.05) is 48.5 Å². The second-order valence-electron chi connectivity index (χ2n) is 6.91. The third-order valence-corrected chi connectivity index (χ3v) is 4.95. The number of halogens is 1. The van der Waals surface area contributed by atoms with Gasteiger partial charge in [-0.1, -0.05) is 24.3 Å². The van der Waals surface area contributed by atoms with E-state index in [2.05, 4.69) is 15.7 Å². The van der Waals surface area contributed by atoms with Gasteiger partial charge in [-0.05, 0) is 35.9 Å². The normalized spacial score (nSPS) is 15.9. The van der Waals surface area contributed by atoms with Crippen LogP contribution in [0.4, 0.5) is 5.69 Å². The van der Waals surface area contributed by atoms with E-state index in [0.717, 1.165) is 35.7 Å². The highest BCUT2D eigenvalue weighted by molar-refractivity contribution is 6.03. The fraction of sp³-hybridized carbons (Fsp3) is 0.273. The summed E-state index contributed by atoms with van der Waals surface area (Å²) in [5.41, 5.74) is 3.91. The fourth-order valence-corrected chi connectivity index (χ4v) is 3.36. The molecule has 7 nitrogen and oxygen atoms in total. The lowest BCUT2D eigenvalue weighted by atomic mass is 10.1. The highest BCUT2D eigenvalue weighted by atomic mass is 35.5. The molecule has 30 heavy (non-hydrogen) atoms. The van der Waals surface area contributed by atoms with Gasteiger partial charge in [-0.25, -0.2) is 0 Å². The van der Waals surface area contributed by atoms with Crippen molar-refractivity contribution in [1.29, 1.82) is 0 Å². The molecule has 1 amide bonds. The van der Waals surface area contributed by atoms with Crippen molar-refractivity contribution in [3.05, 3.63) is 65.9 Å². The first-order valence-corrected chi connectivity index (χ1v) is 9.56. The van der Waals surface area contributed by atoms with Crippen LogP contribution in [0.2, 0.25) is 0 Å². The predicted molar refractivity (Wildman–Crippen MR) is 118 cm³/mol. The van der Waals surface area contributed by atoms with Crippen molar-refractivity contribution >= 4 is 24.0 Å². The number of aromatic nitrogens is 2. The van der Waals surface area contributed by atoms with Gasteiger partial charge in [0, 0.05) is 31.4 Å². The van der Waals surface area contributed by atoms with Crippen molar-refractivity contribution in [3.8, 4) is 17.0 Å². The summed E-state index contributed by atoms with van der Waals surface area (Å²) in [5, 5.41) is 10.7. The number of carbonyl (C=O) groups excluding carboxylic acids is 1. The molecular formula is C22H25ClN4O3. The minimum Gasteiger partial charge on any atom is -0.497 e. The summed E-state index contributed by atoms with van der Waals surface area (Å²) in [6.07, 6.45) is 0.0518. The Hall–Kier alpha value is -2.87. The molecule has 1 aliphatic heterocycles. The summed E-state index contributed by atoms with van der Waals surface area (Å²) in [7, 11) is 3.38. The lowest BCUT2D eigenvalue weighted by Gasteiger charge is -2.24. The monoisotopic (exact) mass is 428 g/mol. The Morgan fingerprint density at radius 1 is 1.23 bits per heavy atom. The smallest absolute Gasteiger partial charge is 0.273 e. The molecule has 3 aromatic rings. The average molecular weight is 429 g/mol. The quantitative estimate of drug-likeness (QED) is 0.651. The zero-order valence-electron chi connectivity index (χ0n) is 16.9. The third kappa shape index (κ3) is 4.81. The number of ether oxygens (including phenoxy) is 2. The minimum atomic E-state index is -0.211. The van der Waals surface area contributed by atoms with Crippen molar-refractivity contribution in [1.82, 2.24) is 15.1 Å². The van der Waals surface area contributed by atoms with E-state index >= 15 is 0 Å². The molecule has 4 rings (SSSR count). The Bertz CT molecular complexity index is 998. The van der Waals surface area contributed by atoms with Gasteiger partial charge in [0.25, 0.3) is 5.91 Å². The van der Waals surface area contributed by atoms with Gasteiger partial charge in [0.1, 0.15) is 11.4 Å². The largest absolute Gasteiger partial charge is 0.497 e. The Morgan fingerprint density at radius 2 is 2.03 bits per heavy atom. The van der Waals surface area contributed by atoms with E-state index < -0.39 is 0 Å². The molecule has 2 heterocycles. The van der Waals surface area contributed by atoms with Crippen LogP contribution < -0.4 is 15.4 Å². The van der Waals surface area contributed by atoms with Crippen LogP contribution in [0.1, 0.15) is 22.2 Å². The van der Waals surface area contributed by atoms with Crippen LogP contribution in [-0.2, 0) is 11.8 Å². The van der Waals surface area contributed by atoms with E-state index in [1.165, 1.54) is 0 Å². The molecule has 0 bridgehead atoms. The van der Waals surface area contributed by atoms with Crippen LogP contribution >= 0.6 is 12.4 Å². The van der Waals surface area contributed by atoms with Gasteiger partial charge < -0.3 is 20.1 Å². The summed E-state index contributed by atoms with van der Waals surface area (Å²) >= 11 is 0. The SMILES string of the molecule is COc1cccc(-c2cc(C(=O)Nc3ccc(C4CNCCO4)cc3)n(C)n2)c1.Cl. The highest BCUT2D eigenvalue weighted by Crippen LogP contribution is 2.24. The van der Waals surface area contributed by atoms with Crippen molar-refractivity contribution in [2.45, 2.75) is 6.10 Å². The Balaban J connectivity index is 0.00000256. The molecule has 1 fully saturated rings. The number of aryl methyl sites for hydroxylation is 1. The predicted octanol–water partition coefficient (Wildman–Crippen LogP) is 3.43. The molecule has 2 aromatic carbocycles. The minimum absolute atomic E-state index is 0. The van der Waals surface area contributed by atoms with Crippen LogP contribution in [0.5, 0.6) is 5.75 Å². The maximum atomic E-state index is 12.8. The number of hydrogen-bond donors (Lipinski definition) is 2. The van der Waals surface area contributed by atoms with Crippen LogP contribution in [-0.4, -0.2) is 42.5 Å². The highest BCUT2D eigenvalue weighted by Gasteiger charge is 2.17. The van der Waals surface area contributed by atoms with Crippen LogP contribution in [0.15, 0.2) is 54.6 Å². The molecule has 0 aliphatic carbocycles. The number of benzene rings is 2. The fourth-order valence-electron chi connectivity index (χ4n) is 3.36. The molecule has 8 heteroatoms. The van der Waals surface area contributed by atoms with E-state index in [-0.39, 0.29) is 24.4 Å². The first-order chi connectivity index (χ1) is 14.1. The van der Waals surface area contributed by atoms with Gasteiger partial charge in [-0.3, -0.25) is 9.48 Å². The Morgan fingerprint density at radius 3 is 2.73 bits per heavy atom. The molecule has 1 aliphatic rings. The Labute approximate surface area is 181 Å². The molecule has 1 unspecified atom stereocenters. The van der Waals surface area contributed by atoms with Gasteiger partial charge in [0.15, 0.2) is 0 Å². The lowest BCUT2D eigenvalue weighted by molar-refractivity contribution is 0.0277. The van der Waals surface area contributed by atoms with Gasteiger partial charge >= 0.3 is 0 Å². The van der Waals surface area contributed by atoms with Crippen molar-refractivity contribution < 1.29 is 14.3 Å². The van der Waals surface area contributed by atoms with E-state index in [4.69, 9.17) is 9.47 Å². The van der Waals surface area contributed by atoms with Crippen molar-refractivity contribution in [3.63, 3.8) is 0 Å². The molecule has 0 saturated carbocycles. The number of anilines is 1. The molecule has 0 radical (unpaired) electrons. The number of amides is 1. The van der Waals surface area contributed by atoms with Gasteiger partial charge in [-0.15, -0.1) is 12.4 Å². The van der Waals surface area contributed by atoms with Crippen LogP contribution in [0, 0.1) is 0 Å². The molecular weight excluding hydrogens is 404 g/mol. The first-order valence-electron chi connectivity index (χ1n) is 9.56. The molecule has 1 atom stereocenters. The van der Waals surface area contributed by atoms with Crippen molar-refractivity contribution in [2.24, 2.45) is 7.05 Å². The summed E-state index contributed by atoms with van der Waals surface area (Å²) in [5.74, 6) is 0.536. The van der Waals surface area contributed by atoms with Crippen LogP contribution in [0.3, 0.4) is 0 Å². The molecule has 1 saturated heterocycles. The number of carbonyl (C=O) groups is 1. The zero-order valence-corrected chi connectivity index (χ0v) is 17.7. The summed E-state index contributed by atoms with van der Waals surface area (Å²) in [6, 6.07) is 17.1. The molecule has 0 spiro atoms. The second-order valence-corrected chi connectivity index (χ2v) is 6.91. The van der Waals surface area contributed by atoms with E-state index in [9.17, 15) is 4.79 Å². The number of rotatable bonds is 5. The van der Waals surface area contributed by atoms with Gasteiger partial charge in [-0.2, -0.15) is 5.10 Å². The zero-order chi connectivity index (χ0) is 20.2.